The zero-order valence-electron chi connectivity index (χ0n) is 23.5. The molecule has 1 amide bonds. The zero-order chi connectivity index (χ0) is 26.9. The molecule has 0 radical (unpaired) electrons. The van der Waals surface area contributed by atoms with Crippen molar-refractivity contribution in [1.29, 1.82) is 0 Å². The van der Waals surface area contributed by atoms with Gasteiger partial charge in [-0.05, 0) is 90.5 Å². The minimum absolute atomic E-state index is 0.00358. The van der Waals surface area contributed by atoms with Crippen molar-refractivity contribution in [2.24, 2.45) is 11.8 Å². The number of ether oxygens (including phenoxy) is 3. The summed E-state index contributed by atoms with van der Waals surface area (Å²) in [6.45, 7) is 12.4. The van der Waals surface area contributed by atoms with Gasteiger partial charge >= 0.3 is 0 Å². The van der Waals surface area contributed by atoms with Gasteiger partial charge in [-0.1, -0.05) is 12.1 Å². The van der Waals surface area contributed by atoms with E-state index in [4.69, 9.17) is 14.2 Å². The average Bonchev–Trinajstić information content (AvgIpc) is 3.15. The Labute approximate surface area is 227 Å². The van der Waals surface area contributed by atoms with E-state index in [2.05, 4.69) is 63.1 Å². The molecule has 7 nitrogen and oxygen atoms in total. The summed E-state index contributed by atoms with van der Waals surface area (Å²) in [5.41, 5.74) is 3.80. The van der Waals surface area contributed by atoms with E-state index in [1.807, 2.05) is 17.0 Å². The molecule has 2 aliphatic heterocycles. The van der Waals surface area contributed by atoms with Crippen molar-refractivity contribution in [3.63, 3.8) is 0 Å². The van der Waals surface area contributed by atoms with Crippen LogP contribution in [0.5, 0.6) is 0 Å². The summed E-state index contributed by atoms with van der Waals surface area (Å²) in [7, 11) is 0. The summed E-state index contributed by atoms with van der Waals surface area (Å²) in [6.07, 6.45) is 6.74. The first kappa shape index (κ1) is 27.1. The molecule has 7 heteroatoms. The Balaban J connectivity index is 1.35. The first-order valence-corrected chi connectivity index (χ1v) is 14.3. The van der Waals surface area contributed by atoms with Crippen molar-refractivity contribution < 1.29 is 19.0 Å². The molecule has 1 aliphatic carbocycles. The van der Waals surface area contributed by atoms with Crippen molar-refractivity contribution in [2.75, 3.05) is 23.4 Å². The molecule has 2 unspecified atom stereocenters. The quantitative estimate of drug-likeness (QED) is 0.446. The maximum absolute atomic E-state index is 14.0. The van der Waals surface area contributed by atoms with E-state index >= 15 is 0 Å². The van der Waals surface area contributed by atoms with Gasteiger partial charge in [0.1, 0.15) is 5.82 Å². The van der Waals surface area contributed by atoms with Crippen LogP contribution in [0.4, 0.5) is 17.2 Å². The molecule has 1 saturated carbocycles. The molecule has 206 valence electrons. The molecular weight excluding hydrogens is 478 g/mol. The lowest BCUT2D eigenvalue weighted by Crippen LogP contribution is -2.38. The highest BCUT2D eigenvalue weighted by molar-refractivity contribution is 5.99. The van der Waals surface area contributed by atoms with Gasteiger partial charge in [0.2, 0.25) is 5.91 Å². The number of fused-ring (bicyclic) bond motifs is 2. The Hall–Kier alpha value is -2.48. The minimum atomic E-state index is -0.0895. The fourth-order valence-electron chi connectivity index (χ4n) is 6.08. The number of nitrogens with zero attached hydrogens (tertiary/aromatic N) is 2. The number of benzene rings is 1. The van der Waals surface area contributed by atoms with Crippen LogP contribution in [0.1, 0.15) is 84.0 Å². The molecule has 1 N–H and O–H groups in total. The third kappa shape index (κ3) is 6.22. The van der Waals surface area contributed by atoms with Gasteiger partial charge in [0, 0.05) is 23.6 Å². The highest BCUT2D eigenvalue weighted by Gasteiger charge is 2.34. The number of nitrogens with one attached hydrogen (secondary N) is 1. The van der Waals surface area contributed by atoms with E-state index in [-0.39, 0.29) is 35.7 Å². The fraction of sp³-hybridized carbons (Fsp3) is 0.613. The first-order valence-electron chi connectivity index (χ1n) is 14.3. The predicted molar refractivity (Wildman–Crippen MR) is 150 cm³/mol. The van der Waals surface area contributed by atoms with Gasteiger partial charge in [0.25, 0.3) is 0 Å². The normalized spacial score (nSPS) is 25.3. The summed E-state index contributed by atoms with van der Waals surface area (Å²) in [6, 6.07) is 10.3. The molecule has 2 fully saturated rings. The molecule has 3 aliphatic rings. The topological polar surface area (TPSA) is 72.9 Å². The van der Waals surface area contributed by atoms with Gasteiger partial charge in [0.15, 0.2) is 0 Å². The summed E-state index contributed by atoms with van der Waals surface area (Å²) in [4.78, 5) is 20.6. The van der Waals surface area contributed by atoms with Gasteiger partial charge in [-0.2, -0.15) is 0 Å². The molecular formula is C31H43N3O4. The highest BCUT2D eigenvalue weighted by Crippen LogP contribution is 2.40. The second kappa shape index (κ2) is 11.3. The van der Waals surface area contributed by atoms with E-state index in [0.717, 1.165) is 67.0 Å². The Morgan fingerprint density at radius 1 is 1.18 bits per heavy atom. The van der Waals surface area contributed by atoms with E-state index < -0.39 is 0 Å². The van der Waals surface area contributed by atoms with Crippen molar-refractivity contribution >= 4 is 23.1 Å². The minimum Gasteiger partial charge on any atom is -0.376 e. The van der Waals surface area contributed by atoms with E-state index in [1.165, 1.54) is 0 Å². The number of aromatic nitrogens is 1. The molecule has 0 bridgehead atoms. The van der Waals surface area contributed by atoms with Gasteiger partial charge in [-0.15, -0.1) is 0 Å². The fourth-order valence-corrected chi connectivity index (χ4v) is 6.08. The van der Waals surface area contributed by atoms with Gasteiger partial charge < -0.3 is 24.4 Å². The Morgan fingerprint density at radius 3 is 2.68 bits per heavy atom. The van der Waals surface area contributed by atoms with Crippen LogP contribution in [0, 0.1) is 11.8 Å². The number of hydrogen-bond acceptors (Lipinski definition) is 6. The van der Waals surface area contributed by atoms with Crippen molar-refractivity contribution in [1.82, 2.24) is 4.98 Å². The number of pyridine rings is 1. The number of carbonyl (C=O) groups is 1. The summed E-state index contributed by atoms with van der Waals surface area (Å²) in [5.74, 6) is 1.39. The molecule has 2 aromatic rings. The van der Waals surface area contributed by atoms with Crippen LogP contribution in [0.15, 0.2) is 36.5 Å². The van der Waals surface area contributed by atoms with Crippen LogP contribution < -0.4 is 10.2 Å². The summed E-state index contributed by atoms with van der Waals surface area (Å²) in [5, 5.41) is 3.49. The Kier molecular flexibility index (Phi) is 8.08. The molecule has 2 atom stereocenters. The Bertz CT molecular complexity index is 1130. The smallest absolute Gasteiger partial charge is 0.230 e. The average molecular weight is 522 g/mol. The lowest BCUT2D eigenvalue weighted by atomic mass is 9.86. The van der Waals surface area contributed by atoms with Crippen molar-refractivity contribution in [3.8, 4) is 0 Å². The monoisotopic (exact) mass is 521 g/mol. The number of rotatable bonds is 7. The molecule has 1 aromatic carbocycles. The maximum Gasteiger partial charge on any atom is 0.230 e. The molecule has 3 heterocycles. The largest absolute Gasteiger partial charge is 0.376 e. The molecule has 0 spiro atoms. The number of hydrogen-bond donors (Lipinski definition) is 1. The first-order chi connectivity index (χ1) is 18.2. The van der Waals surface area contributed by atoms with Crippen molar-refractivity contribution in [3.05, 3.63) is 47.7 Å². The number of amides is 1. The molecule has 38 heavy (non-hydrogen) atoms. The summed E-state index contributed by atoms with van der Waals surface area (Å²) >= 11 is 0. The molecule has 1 aromatic heterocycles. The van der Waals surface area contributed by atoms with Crippen LogP contribution in [0.3, 0.4) is 0 Å². The lowest BCUT2D eigenvalue weighted by molar-refractivity contribution is -0.124. The number of anilines is 3. The van der Waals surface area contributed by atoms with Gasteiger partial charge in [0.05, 0.1) is 55.0 Å². The second-order valence-corrected chi connectivity index (χ2v) is 12.1. The van der Waals surface area contributed by atoms with E-state index in [9.17, 15) is 4.79 Å². The predicted octanol–water partition coefficient (Wildman–Crippen LogP) is 6.55. The Morgan fingerprint density at radius 2 is 1.97 bits per heavy atom. The SMILES string of the molecule is CC(C)OC1CCC(C(=O)N2Cc3cccnc3Nc3ccc(C(C)OCC4COC(C)(C)C4)cc32)CC1. The van der Waals surface area contributed by atoms with Crippen LogP contribution in [0.25, 0.3) is 0 Å². The lowest BCUT2D eigenvalue weighted by Gasteiger charge is -2.33. The maximum atomic E-state index is 14.0. The third-order valence-corrected chi connectivity index (χ3v) is 8.08. The second-order valence-electron chi connectivity index (χ2n) is 12.1. The van der Waals surface area contributed by atoms with Gasteiger partial charge in [-0.25, -0.2) is 4.98 Å². The van der Waals surface area contributed by atoms with Gasteiger partial charge in [-0.3, -0.25) is 4.79 Å². The van der Waals surface area contributed by atoms with Crippen LogP contribution in [0.2, 0.25) is 0 Å². The molecule has 1 saturated heterocycles. The summed E-state index contributed by atoms with van der Waals surface area (Å²) < 4.78 is 18.2. The van der Waals surface area contributed by atoms with Crippen LogP contribution in [-0.2, 0) is 25.5 Å². The third-order valence-electron chi connectivity index (χ3n) is 8.08. The van der Waals surface area contributed by atoms with E-state index in [1.54, 1.807) is 6.20 Å². The van der Waals surface area contributed by atoms with Crippen LogP contribution in [-0.4, -0.2) is 41.9 Å². The zero-order valence-corrected chi connectivity index (χ0v) is 23.5. The highest BCUT2D eigenvalue weighted by atomic mass is 16.5. The van der Waals surface area contributed by atoms with E-state index in [0.29, 0.717) is 19.1 Å². The molecule has 5 rings (SSSR count). The standard InChI is InChI=1S/C31H43N3O4/c1-20(2)38-26-11-8-23(9-12-26)30(35)34-17-25-7-6-14-32-29(25)33-27-13-10-24(15-28(27)34)21(3)36-18-22-16-31(4,5)37-19-22/h6-7,10,13-15,20-23,26H,8-9,11-12,16-19H2,1-5H3,(H,32,33). The van der Waals surface area contributed by atoms with Crippen molar-refractivity contribution in [2.45, 2.75) is 97.2 Å². The van der Waals surface area contributed by atoms with Crippen LogP contribution >= 0.6 is 0 Å². The number of carbonyl (C=O) groups excluding carboxylic acids is 1.